The van der Waals surface area contributed by atoms with Crippen molar-refractivity contribution >= 4 is 21.7 Å². The number of esters is 1. The molecule has 1 aromatic carbocycles. The van der Waals surface area contributed by atoms with E-state index in [1.165, 1.54) is 6.92 Å². The number of sulfone groups is 1. The van der Waals surface area contributed by atoms with E-state index >= 15 is 0 Å². The Bertz CT molecular complexity index is 973. The van der Waals surface area contributed by atoms with Gasteiger partial charge in [-0.05, 0) is 63.6 Å². The molecule has 0 bridgehead atoms. The van der Waals surface area contributed by atoms with E-state index in [1.807, 2.05) is 38.1 Å². The topological polar surface area (TPSA) is 94.5 Å². The summed E-state index contributed by atoms with van der Waals surface area (Å²) < 4.78 is 30.2. The second-order valence-electron chi connectivity index (χ2n) is 7.15. The van der Waals surface area contributed by atoms with Crippen LogP contribution in [0.25, 0.3) is 5.69 Å². The number of aryl methyl sites for hydroxylation is 2. The third-order valence-corrected chi connectivity index (χ3v) is 6.63. The third-order valence-electron chi connectivity index (χ3n) is 4.86. The Morgan fingerprint density at radius 3 is 2.25 bits per heavy atom. The zero-order valence-electron chi connectivity index (χ0n) is 16.1. The van der Waals surface area contributed by atoms with Gasteiger partial charge in [0.15, 0.2) is 15.9 Å². The second-order valence-corrected chi connectivity index (χ2v) is 9.38. The average Bonchev–Trinajstić information content (AvgIpc) is 3.15. The highest BCUT2D eigenvalue weighted by Gasteiger charge is 2.30. The van der Waals surface area contributed by atoms with Gasteiger partial charge in [0.05, 0.1) is 17.1 Å². The van der Waals surface area contributed by atoms with Gasteiger partial charge in [-0.25, -0.2) is 13.2 Å². The monoisotopic (exact) mass is 404 g/mol. The Kier molecular flexibility index (Phi) is 5.60. The van der Waals surface area contributed by atoms with Crippen LogP contribution in [-0.4, -0.2) is 48.5 Å². The smallest absolute Gasteiger partial charge is 0.338 e. The fraction of sp³-hybridized carbons (Fsp3) is 0.400. The third kappa shape index (κ3) is 4.44. The molecule has 1 aromatic heterocycles. The Hall–Kier alpha value is -2.61. The molecule has 1 amide bonds. The first-order valence-corrected chi connectivity index (χ1v) is 11.0. The molecule has 2 aromatic rings. The van der Waals surface area contributed by atoms with Gasteiger partial charge in [0.1, 0.15) is 0 Å². The number of aromatic nitrogens is 1. The molecule has 150 valence electrons. The summed E-state index contributed by atoms with van der Waals surface area (Å²) in [5.41, 5.74) is 3.46. The summed E-state index contributed by atoms with van der Waals surface area (Å²) in [6.07, 6.45) is -0.626. The predicted octanol–water partition coefficient (Wildman–Crippen LogP) is 1.94. The first-order chi connectivity index (χ1) is 13.2. The number of hydrogen-bond donors (Lipinski definition) is 1. The van der Waals surface area contributed by atoms with Crippen LogP contribution >= 0.6 is 0 Å². The molecule has 1 N–H and O–H groups in total. The van der Waals surface area contributed by atoms with Gasteiger partial charge in [0, 0.05) is 23.1 Å². The molecular formula is C20H24N2O5S. The SMILES string of the molecule is Cc1ccc(C)n1-c1ccc(C(=O)O[C@@H](C)C(=O)N[C@@H]2CCS(=O)(=O)C2)cc1. The highest BCUT2D eigenvalue weighted by molar-refractivity contribution is 7.91. The molecule has 28 heavy (non-hydrogen) atoms. The number of carbonyl (C=O) groups is 2. The summed E-state index contributed by atoms with van der Waals surface area (Å²) >= 11 is 0. The molecule has 2 atom stereocenters. The summed E-state index contributed by atoms with van der Waals surface area (Å²) in [6.45, 7) is 5.48. The summed E-state index contributed by atoms with van der Waals surface area (Å²) in [5.74, 6) is -1.10. The van der Waals surface area contributed by atoms with Crippen molar-refractivity contribution in [3.05, 3.63) is 53.3 Å². The lowest BCUT2D eigenvalue weighted by molar-refractivity contribution is -0.129. The van der Waals surface area contributed by atoms with Crippen LogP contribution in [0.1, 0.15) is 35.1 Å². The highest BCUT2D eigenvalue weighted by atomic mass is 32.2. The van der Waals surface area contributed by atoms with Crippen molar-refractivity contribution < 1.29 is 22.7 Å². The van der Waals surface area contributed by atoms with Crippen LogP contribution in [0, 0.1) is 13.8 Å². The molecular weight excluding hydrogens is 380 g/mol. The van der Waals surface area contributed by atoms with Gasteiger partial charge in [-0.3, -0.25) is 4.79 Å². The van der Waals surface area contributed by atoms with Gasteiger partial charge < -0.3 is 14.6 Å². The second kappa shape index (κ2) is 7.79. The number of benzene rings is 1. The first-order valence-electron chi connectivity index (χ1n) is 9.13. The summed E-state index contributed by atoms with van der Waals surface area (Å²) in [4.78, 5) is 24.5. The van der Waals surface area contributed by atoms with Crippen LogP contribution in [-0.2, 0) is 19.4 Å². The highest BCUT2D eigenvalue weighted by Crippen LogP contribution is 2.17. The fourth-order valence-electron chi connectivity index (χ4n) is 3.33. The molecule has 1 aliphatic rings. The molecule has 7 nitrogen and oxygen atoms in total. The Morgan fingerprint density at radius 1 is 1.11 bits per heavy atom. The lowest BCUT2D eigenvalue weighted by Crippen LogP contribution is -2.42. The van der Waals surface area contributed by atoms with Crippen molar-refractivity contribution in [2.75, 3.05) is 11.5 Å². The van der Waals surface area contributed by atoms with Crippen molar-refractivity contribution in [3.8, 4) is 5.69 Å². The van der Waals surface area contributed by atoms with Crippen molar-refractivity contribution in [1.29, 1.82) is 0 Å². The van der Waals surface area contributed by atoms with Gasteiger partial charge in [0.2, 0.25) is 0 Å². The molecule has 3 rings (SSSR count). The number of rotatable bonds is 5. The van der Waals surface area contributed by atoms with Gasteiger partial charge in [-0.2, -0.15) is 0 Å². The molecule has 0 radical (unpaired) electrons. The number of ether oxygens (including phenoxy) is 1. The van der Waals surface area contributed by atoms with E-state index in [1.54, 1.807) is 12.1 Å². The summed E-state index contributed by atoms with van der Waals surface area (Å²) in [5, 5.41) is 2.63. The number of hydrogen-bond acceptors (Lipinski definition) is 5. The van der Waals surface area contributed by atoms with Gasteiger partial charge in [-0.15, -0.1) is 0 Å². The largest absolute Gasteiger partial charge is 0.449 e. The molecule has 0 saturated carbocycles. The van der Waals surface area contributed by atoms with E-state index in [0.29, 0.717) is 12.0 Å². The average molecular weight is 404 g/mol. The quantitative estimate of drug-likeness (QED) is 0.769. The molecule has 0 unspecified atom stereocenters. The minimum atomic E-state index is -3.09. The van der Waals surface area contributed by atoms with Crippen molar-refractivity contribution in [3.63, 3.8) is 0 Å². The number of nitrogens with zero attached hydrogens (tertiary/aromatic N) is 1. The Morgan fingerprint density at radius 2 is 1.71 bits per heavy atom. The van der Waals surface area contributed by atoms with Crippen LogP contribution in [0.2, 0.25) is 0 Å². The van der Waals surface area contributed by atoms with Crippen molar-refractivity contribution in [1.82, 2.24) is 9.88 Å². The first kappa shape index (κ1) is 20.1. The van der Waals surface area contributed by atoms with Crippen LogP contribution in [0.5, 0.6) is 0 Å². The Labute approximate surface area is 164 Å². The molecule has 2 heterocycles. The minimum absolute atomic E-state index is 0.0683. The number of carbonyl (C=O) groups excluding carboxylic acids is 2. The normalized spacial score (nSPS) is 19.2. The number of amides is 1. The minimum Gasteiger partial charge on any atom is -0.449 e. The maximum absolute atomic E-state index is 12.3. The molecule has 0 spiro atoms. The zero-order chi connectivity index (χ0) is 20.5. The van der Waals surface area contributed by atoms with E-state index in [9.17, 15) is 18.0 Å². The van der Waals surface area contributed by atoms with Gasteiger partial charge >= 0.3 is 5.97 Å². The molecule has 1 fully saturated rings. The summed E-state index contributed by atoms with van der Waals surface area (Å²) in [7, 11) is -3.09. The van der Waals surface area contributed by atoms with Crippen LogP contribution < -0.4 is 5.32 Å². The maximum atomic E-state index is 12.3. The van der Waals surface area contributed by atoms with E-state index in [4.69, 9.17) is 4.74 Å². The zero-order valence-corrected chi connectivity index (χ0v) is 17.0. The van der Waals surface area contributed by atoms with Crippen LogP contribution in [0.4, 0.5) is 0 Å². The van der Waals surface area contributed by atoms with Crippen LogP contribution in [0.15, 0.2) is 36.4 Å². The standard InChI is InChI=1S/C20H24N2O5S/c1-13-4-5-14(2)22(13)18-8-6-16(7-9-18)20(24)27-15(3)19(23)21-17-10-11-28(25,26)12-17/h4-9,15,17H,10-12H2,1-3H3,(H,21,23)/t15-,17+/m0/s1. The van der Waals surface area contributed by atoms with Crippen LogP contribution in [0.3, 0.4) is 0 Å². The lowest BCUT2D eigenvalue weighted by Gasteiger charge is -2.16. The van der Waals surface area contributed by atoms with Gasteiger partial charge in [-0.1, -0.05) is 0 Å². The van der Waals surface area contributed by atoms with Gasteiger partial charge in [0.25, 0.3) is 5.91 Å². The van der Waals surface area contributed by atoms with E-state index in [-0.39, 0.29) is 11.5 Å². The summed E-state index contributed by atoms with van der Waals surface area (Å²) in [6, 6.07) is 10.6. The lowest BCUT2D eigenvalue weighted by atomic mass is 10.2. The van der Waals surface area contributed by atoms with Crippen molar-refractivity contribution in [2.24, 2.45) is 0 Å². The predicted molar refractivity (Wildman–Crippen MR) is 105 cm³/mol. The molecule has 1 aliphatic heterocycles. The van der Waals surface area contributed by atoms with E-state index < -0.39 is 33.9 Å². The van der Waals surface area contributed by atoms with Crippen molar-refractivity contribution in [2.45, 2.75) is 39.3 Å². The van der Waals surface area contributed by atoms with E-state index in [2.05, 4.69) is 9.88 Å². The molecule has 1 saturated heterocycles. The van der Waals surface area contributed by atoms with E-state index in [0.717, 1.165) is 17.1 Å². The maximum Gasteiger partial charge on any atom is 0.338 e. The Balaban J connectivity index is 1.60. The molecule has 8 heteroatoms. The number of nitrogens with one attached hydrogen (secondary N) is 1. The fourth-order valence-corrected chi connectivity index (χ4v) is 5.01. The molecule has 0 aliphatic carbocycles.